The Labute approximate surface area is 271 Å². The molecule has 2 aliphatic heterocycles. The fraction of sp³-hybridized carbons (Fsp3) is 0.879. The summed E-state index contributed by atoms with van der Waals surface area (Å²) in [5.74, 6) is 3.57. The van der Waals surface area contributed by atoms with Gasteiger partial charge in [0.15, 0.2) is 0 Å². The average molecular weight is 639 g/mol. The molecule has 234 valence electrons. The molecule has 0 spiro atoms. The highest BCUT2D eigenvalue weighted by Gasteiger charge is 2.48. The predicted octanol–water partition coefficient (Wildman–Crippen LogP) is 7.98. The van der Waals surface area contributed by atoms with Gasteiger partial charge < -0.3 is 9.80 Å². The highest BCUT2D eigenvalue weighted by Crippen LogP contribution is 2.50. The van der Waals surface area contributed by atoms with Crippen molar-refractivity contribution in [2.24, 2.45) is 23.7 Å². The molecule has 0 radical (unpaired) electrons. The van der Waals surface area contributed by atoms with E-state index in [1.54, 1.807) is 31.9 Å². The Hall–Kier alpha value is 0.300. The van der Waals surface area contributed by atoms with Crippen LogP contribution in [0.3, 0.4) is 0 Å². The molecule has 0 N–H and O–H groups in total. The van der Waals surface area contributed by atoms with E-state index in [2.05, 4.69) is 67.3 Å². The fourth-order valence-corrected chi connectivity index (χ4v) is 11.1. The van der Waals surface area contributed by atoms with E-state index < -0.39 is 0 Å². The van der Waals surface area contributed by atoms with Gasteiger partial charge in [-0.2, -0.15) is 0 Å². The second-order valence-electron chi connectivity index (χ2n) is 14.6. The Kier molecular flexibility index (Phi) is 12.9. The first-order valence-electron chi connectivity index (χ1n) is 16.5. The van der Waals surface area contributed by atoms with E-state index in [1.807, 2.05) is 0 Å². The Morgan fingerprint density at radius 1 is 0.976 bits per heavy atom. The molecule has 2 saturated heterocycles. The van der Waals surface area contributed by atoms with Crippen LogP contribution in [0.4, 0.5) is 0 Å². The zero-order valence-corrected chi connectivity index (χ0v) is 30.2. The summed E-state index contributed by atoms with van der Waals surface area (Å²) < 4.78 is 2.69. The van der Waals surface area contributed by atoms with Gasteiger partial charge >= 0.3 is 0 Å². The van der Waals surface area contributed by atoms with Crippen LogP contribution in [0.2, 0.25) is 0 Å². The largest absolute Gasteiger partial charge is 0.354 e. The third-order valence-corrected chi connectivity index (χ3v) is 13.9. The van der Waals surface area contributed by atoms with E-state index in [9.17, 15) is 0 Å². The minimum atomic E-state index is 0.464. The van der Waals surface area contributed by atoms with Crippen LogP contribution in [-0.2, 0) is 0 Å². The number of rotatable bonds is 7. The number of nitrogens with zero attached hydrogens (tertiary/aromatic N) is 4. The quantitative estimate of drug-likeness (QED) is 0.156. The van der Waals surface area contributed by atoms with Gasteiger partial charge in [-0.3, -0.25) is 9.80 Å². The molecule has 2 saturated carbocycles. The zero-order chi connectivity index (χ0) is 29.6. The molecule has 2 bridgehead atoms. The van der Waals surface area contributed by atoms with Crippen molar-refractivity contribution in [3.8, 4) is 0 Å². The maximum absolute atomic E-state index is 5.54. The summed E-state index contributed by atoms with van der Waals surface area (Å²) in [5, 5.41) is 0. The minimum absolute atomic E-state index is 0.464. The van der Waals surface area contributed by atoms with Crippen LogP contribution in [0.5, 0.6) is 0 Å². The number of fused-ring (bicyclic) bond motifs is 2. The normalized spacial score (nSPS) is 35.1. The summed E-state index contributed by atoms with van der Waals surface area (Å²) >= 11 is 10.4. The van der Waals surface area contributed by atoms with E-state index >= 15 is 0 Å². The first-order valence-corrected chi connectivity index (χ1v) is 19.6. The van der Waals surface area contributed by atoms with Gasteiger partial charge in [-0.1, -0.05) is 70.7 Å². The number of piperazine rings is 2. The second-order valence-corrected chi connectivity index (χ2v) is 17.8. The Morgan fingerprint density at radius 2 is 1.59 bits per heavy atom. The number of hydrogen-bond donors (Lipinski definition) is 0. The maximum Gasteiger partial charge on any atom is 0.147 e. The molecule has 2 heterocycles. The molecule has 0 aromatic rings. The Bertz CT molecular complexity index is 874. The van der Waals surface area contributed by atoms with Crippen molar-refractivity contribution in [2.45, 2.75) is 103 Å². The summed E-state index contributed by atoms with van der Waals surface area (Å²) in [7, 11) is 5.44. The second kappa shape index (κ2) is 15.5. The van der Waals surface area contributed by atoms with Crippen molar-refractivity contribution in [3.63, 3.8) is 0 Å². The van der Waals surface area contributed by atoms with E-state index in [0.717, 1.165) is 41.1 Å². The highest BCUT2D eigenvalue weighted by molar-refractivity contribution is 8.89. The standard InChI is InChI=1S/C17H28N2S4.C16H30N2/c1-13-7-15-8-14(2)10-17(9-13,11-15)19-5-3-18(4-6-19)16(21)23-22-12-20;1-5-16(18-10-8-17(4)9-11-18)7-6-15(13-16)12-14(2)3/h12-15H,3-11H2,1-2H3;6,14H,5,7-13H2,1-4H3. The predicted molar refractivity (Wildman–Crippen MR) is 191 cm³/mol. The Balaban J connectivity index is 0.000000195. The first kappa shape index (κ1) is 34.2. The molecule has 4 nitrogen and oxygen atoms in total. The lowest BCUT2D eigenvalue weighted by molar-refractivity contribution is -0.0527. The lowest BCUT2D eigenvalue weighted by atomic mass is 9.60. The summed E-state index contributed by atoms with van der Waals surface area (Å²) in [5.41, 5.74) is 2.67. The van der Waals surface area contributed by atoms with E-state index in [1.165, 1.54) is 97.1 Å². The summed E-state index contributed by atoms with van der Waals surface area (Å²) in [6.45, 7) is 21.5. The van der Waals surface area contributed by atoms with Gasteiger partial charge in [0.2, 0.25) is 0 Å². The van der Waals surface area contributed by atoms with Crippen molar-refractivity contribution < 1.29 is 0 Å². The molecule has 0 aromatic carbocycles. The smallest absolute Gasteiger partial charge is 0.147 e. The molecule has 0 amide bonds. The minimum Gasteiger partial charge on any atom is -0.354 e. The van der Waals surface area contributed by atoms with E-state index in [4.69, 9.17) is 24.4 Å². The topological polar surface area (TPSA) is 13.0 Å². The van der Waals surface area contributed by atoms with Crippen LogP contribution in [0.25, 0.3) is 0 Å². The Morgan fingerprint density at radius 3 is 2.15 bits per heavy atom. The lowest BCUT2D eigenvalue weighted by Crippen LogP contribution is -2.61. The molecular weight excluding hydrogens is 581 g/mol. The van der Waals surface area contributed by atoms with Gasteiger partial charge in [-0.25, -0.2) is 0 Å². The van der Waals surface area contributed by atoms with Crippen molar-refractivity contribution >= 4 is 55.0 Å². The molecule has 5 aliphatic rings. The van der Waals surface area contributed by atoms with Crippen molar-refractivity contribution in [3.05, 3.63) is 11.6 Å². The van der Waals surface area contributed by atoms with Crippen LogP contribution in [-0.4, -0.2) is 99.1 Å². The van der Waals surface area contributed by atoms with Crippen LogP contribution < -0.4 is 0 Å². The molecule has 3 atom stereocenters. The van der Waals surface area contributed by atoms with Crippen LogP contribution in [0.15, 0.2) is 11.6 Å². The van der Waals surface area contributed by atoms with Gasteiger partial charge in [0, 0.05) is 68.1 Å². The molecule has 41 heavy (non-hydrogen) atoms. The number of likely N-dealkylation sites (N-methyl/N-ethyl adjacent to an activating group) is 1. The molecule has 4 fully saturated rings. The van der Waals surface area contributed by atoms with Crippen LogP contribution >= 0.6 is 46.0 Å². The fourth-order valence-electron chi connectivity index (χ4n) is 9.11. The summed E-state index contributed by atoms with van der Waals surface area (Å²) in [4.78, 5) is 10.4. The molecule has 3 aliphatic carbocycles. The van der Waals surface area contributed by atoms with Gasteiger partial charge in [-0.05, 0) is 110 Å². The average Bonchev–Trinajstić information content (AvgIpc) is 3.35. The summed E-state index contributed by atoms with van der Waals surface area (Å²) in [6.07, 6.45) is 14.9. The van der Waals surface area contributed by atoms with E-state index in [0.29, 0.717) is 11.1 Å². The number of hydrogen-bond acceptors (Lipinski definition) is 7. The highest BCUT2D eigenvalue weighted by atomic mass is 33.1. The summed E-state index contributed by atoms with van der Waals surface area (Å²) in [6, 6.07) is 0. The van der Waals surface area contributed by atoms with Crippen LogP contribution in [0.1, 0.15) is 92.4 Å². The SMILES string of the molecule is CC1CC2CC(C)CC(N3CCN(C(=S)SSC=S)CC3)(C1)C2.CCC1(N2CCN(C)CC2)CC=C(CC(C)C)C1. The molecule has 5 rings (SSSR count). The lowest BCUT2D eigenvalue weighted by Gasteiger charge is -2.57. The van der Waals surface area contributed by atoms with E-state index in [-0.39, 0.29) is 0 Å². The van der Waals surface area contributed by atoms with Crippen LogP contribution in [0, 0.1) is 23.7 Å². The van der Waals surface area contributed by atoms with Crippen molar-refractivity contribution in [1.82, 2.24) is 19.6 Å². The molecule has 8 heteroatoms. The van der Waals surface area contributed by atoms with Gasteiger partial charge in [0.1, 0.15) is 4.32 Å². The van der Waals surface area contributed by atoms with Gasteiger partial charge in [-0.15, -0.1) is 0 Å². The first-order chi connectivity index (χ1) is 19.6. The monoisotopic (exact) mass is 638 g/mol. The molecule has 3 unspecified atom stereocenters. The van der Waals surface area contributed by atoms with Crippen molar-refractivity contribution in [1.29, 1.82) is 0 Å². The third-order valence-electron chi connectivity index (χ3n) is 10.8. The van der Waals surface area contributed by atoms with Crippen molar-refractivity contribution in [2.75, 3.05) is 59.4 Å². The molecular formula is C33H58N4S4. The molecule has 0 aromatic heterocycles. The maximum atomic E-state index is 5.54. The zero-order valence-electron chi connectivity index (χ0n) is 26.9. The third kappa shape index (κ3) is 8.94. The number of thiocarbonyl (C=S) groups is 2. The van der Waals surface area contributed by atoms with Gasteiger partial charge in [0.25, 0.3) is 0 Å². The van der Waals surface area contributed by atoms with Gasteiger partial charge in [0.05, 0.1) is 0 Å².